The zero-order chi connectivity index (χ0) is 58.6. The van der Waals surface area contributed by atoms with Gasteiger partial charge in [-0.1, -0.05) is 78.9 Å². The van der Waals surface area contributed by atoms with Gasteiger partial charge in [0.2, 0.25) is 0 Å². The number of ether oxygens (including phenoxy) is 4. The van der Waals surface area contributed by atoms with Crippen molar-refractivity contribution in [2.24, 2.45) is 0 Å². The summed E-state index contributed by atoms with van der Waals surface area (Å²) in [5.74, 6) is 1.35. The molecule has 3 atom stereocenters. The number of carbonyl (C=O) groups is 4. The highest BCUT2D eigenvalue weighted by Crippen LogP contribution is 2.45. The average Bonchev–Trinajstić information content (AvgIpc) is 2.91. The van der Waals surface area contributed by atoms with E-state index in [9.17, 15) is 19.2 Å². The van der Waals surface area contributed by atoms with Gasteiger partial charge in [0.25, 0.3) is 11.8 Å². The summed E-state index contributed by atoms with van der Waals surface area (Å²) in [6.07, 6.45) is 5.37. The maximum atomic E-state index is 14.2. The van der Waals surface area contributed by atoms with Crippen LogP contribution in [0.4, 0.5) is 26.7 Å². The summed E-state index contributed by atoms with van der Waals surface area (Å²) in [5.41, 5.74) is 11.4. The van der Waals surface area contributed by atoms with Crippen LogP contribution in [0.15, 0.2) is 152 Å². The van der Waals surface area contributed by atoms with Crippen LogP contribution in [0.2, 0.25) is 0 Å². The van der Waals surface area contributed by atoms with Gasteiger partial charge < -0.3 is 45.1 Å². The number of aryl methyl sites for hydroxylation is 2. The Kier molecular flexibility index (Phi) is 16.5. The van der Waals surface area contributed by atoms with Crippen molar-refractivity contribution >= 4 is 62.6 Å². The van der Waals surface area contributed by atoms with Gasteiger partial charge in [-0.3, -0.25) is 14.5 Å². The van der Waals surface area contributed by atoms with Crippen molar-refractivity contribution in [3.05, 3.63) is 196 Å². The molecule has 12 rings (SSSR count). The number of hydrogen-bond acceptors (Lipinski definition) is 12. The smallest absolute Gasteiger partial charge is 0.410 e. The number of thiophene rings is 1. The molecule has 15 nitrogen and oxygen atoms in total. The Labute approximate surface area is 500 Å². The fourth-order valence-electron chi connectivity index (χ4n) is 12.3. The number of alkyl carbamates (subject to hydrolysis) is 1. The molecule has 2 aliphatic carbocycles. The standard InChI is InChI=1S/C69H71N7O8S/c1-43-19-34-58-62(63(85-66(58)72-43)65(78)73-48-26-24-47-38-49(27-25-46(47)37-48)75-40-50-28-29-51(41-75)76(50)68(80)84-69(2,3)4)70-35-11-12-36-81-52-30-32-53(33-31-52)83-61-18-10-9-17-60(61)74-64(77)45-22-20-44(21-23-45)39-71-67(79)82-42-59-56-15-7-5-13-54(56)55-14-6-8-16-57(55)59/h5-10,13-23,25,27,30-34,38,48,50-51,59,70H,11-12,24,26,28-29,35-37,39-42H2,1-4H3,(H,71,79)(H,73,78)(H,74,77)/t48-,50-,51+/m0/s1. The quantitative estimate of drug-likeness (QED) is 0.0602. The molecule has 4 heterocycles. The van der Waals surface area contributed by atoms with E-state index in [2.05, 4.69) is 74.7 Å². The van der Waals surface area contributed by atoms with Gasteiger partial charge in [0.1, 0.15) is 33.4 Å². The number of para-hydroxylation sites is 2. The number of unbranched alkanes of at least 4 members (excludes halogenated alkanes) is 1. The number of nitrogens with one attached hydrogen (secondary N) is 4. The zero-order valence-electron chi connectivity index (χ0n) is 48.5. The number of anilines is 3. The number of aromatic nitrogens is 1. The second-order valence-electron chi connectivity index (χ2n) is 23.5. The summed E-state index contributed by atoms with van der Waals surface area (Å²) in [5, 5.41) is 13.7. The van der Waals surface area contributed by atoms with E-state index in [4.69, 9.17) is 23.9 Å². The largest absolute Gasteiger partial charge is 0.494 e. The van der Waals surface area contributed by atoms with Crippen LogP contribution in [0.3, 0.4) is 0 Å². The maximum absolute atomic E-state index is 14.2. The zero-order valence-corrected chi connectivity index (χ0v) is 49.3. The number of benzene rings is 6. The topological polar surface area (TPSA) is 173 Å². The number of nitrogens with zero attached hydrogens (tertiary/aromatic N) is 3. The van der Waals surface area contributed by atoms with Gasteiger partial charge in [-0.2, -0.15) is 0 Å². The summed E-state index contributed by atoms with van der Waals surface area (Å²) in [6.45, 7) is 11.0. The number of hydrogen-bond donors (Lipinski definition) is 4. The molecule has 0 spiro atoms. The Hall–Kier alpha value is -8.89. The molecule has 0 radical (unpaired) electrons. The molecule has 2 bridgehead atoms. The molecule has 0 unspecified atom stereocenters. The van der Waals surface area contributed by atoms with Gasteiger partial charge in [-0.05, 0) is 184 Å². The normalized spacial score (nSPS) is 16.9. The van der Waals surface area contributed by atoms with Gasteiger partial charge in [0, 0.05) is 60.5 Å². The molecule has 2 aliphatic heterocycles. The molecule has 0 saturated carbocycles. The van der Waals surface area contributed by atoms with Crippen LogP contribution in [0.25, 0.3) is 21.3 Å². The molecule has 436 valence electrons. The number of carbonyl (C=O) groups excluding carboxylic acids is 4. The van der Waals surface area contributed by atoms with Crippen molar-refractivity contribution in [3.63, 3.8) is 0 Å². The van der Waals surface area contributed by atoms with E-state index in [0.29, 0.717) is 46.5 Å². The lowest BCUT2D eigenvalue weighted by Crippen LogP contribution is -2.56. The average molecular weight is 1160 g/mol. The maximum Gasteiger partial charge on any atom is 0.410 e. The molecule has 2 fully saturated rings. The number of piperazine rings is 1. The van der Waals surface area contributed by atoms with E-state index in [1.165, 1.54) is 39.3 Å². The monoisotopic (exact) mass is 1160 g/mol. The highest BCUT2D eigenvalue weighted by atomic mass is 32.1. The predicted octanol–water partition coefficient (Wildman–Crippen LogP) is 13.8. The molecule has 4 amide bonds. The minimum atomic E-state index is -0.517. The van der Waals surface area contributed by atoms with Crippen molar-refractivity contribution in [1.29, 1.82) is 0 Å². The first kappa shape index (κ1) is 56.6. The van der Waals surface area contributed by atoms with Crippen molar-refractivity contribution in [2.45, 2.75) is 109 Å². The van der Waals surface area contributed by atoms with E-state index >= 15 is 0 Å². The summed E-state index contributed by atoms with van der Waals surface area (Å²) < 4.78 is 23.8. The molecule has 16 heteroatoms. The van der Waals surface area contributed by atoms with E-state index in [1.807, 2.05) is 99.3 Å². The summed E-state index contributed by atoms with van der Waals surface area (Å²) in [7, 11) is 0. The van der Waals surface area contributed by atoms with Crippen LogP contribution < -0.4 is 35.6 Å². The molecular weight excluding hydrogens is 1090 g/mol. The Morgan fingerprint density at radius 1 is 0.729 bits per heavy atom. The summed E-state index contributed by atoms with van der Waals surface area (Å²) in [6, 6.07) is 49.3. The third-order valence-electron chi connectivity index (χ3n) is 16.4. The van der Waals surface area contributed by atoms with E-state index in [1.54, 1.807) is 36.4 Å². The van der Waals surface area contributed by atoms with E-state index in [0.717, 1.165) is 96.3 Å². The Morgan fingerprint density at radius 3 is 2.18 bits per heavy atom. The molecule has 4 N–H and O–H groups in total. The Morgan fingerprint density at radius 2 is 1.44 bits per heavy atom. The van der Waals surface area contributed by atoms with E-state index in [-0.39, 0.29) is 55.1 Å². The SMILES string of the molecule is Cc1ccc2c(NCCCCOc3ccc(Oc4ccccc4NC(=O)c4ccc(CNC(=O)OCC5c6ccccc6-c6ccccc65)cc4)cc3)c(C(=O)N[C@H]3CCc4cc(N5C[C@H]6CC[C@@H](C5)N6C(=O)OC(C)(C)C)ccc4C3)sc2n1. The molecule has 2 aromatic heterocycles. The third-order valence-corrected chi connectivity index (χ3v) is 17.5. The number of pyridine rings is 1. The van der Waals surface area contributed by atoms with Crippen LogP contribution in [-0.2, 0) is 28.9 Å². The molecule has 2 saturated heterocycles. The predicted molar refractivity (Wildman–Crippen MR) is 334 cm³/mol. The number of rotatable bonds is 18. The summed E-state index contributed by atoms with van der Waals surface area (Å²) in [4.78, 5) is 64.2. The Bertz CT molecular complexity index is 3710. The van der Waals surface area contributed by atoms with Gasteiger partial charge in [0.05, 0.1) is 30.1 Å². The first-order valence-corrected chi connectivity index (χ1v) is 30.4. The van der Waals surface area contributed by atoms with Gasteiger partial charge in [0.15, 0.2) is 5.75 Å². The van der Waals surface area contributed by atoms with Crippen LogP contribution in [0, 0.1) is 6.92 Å². The number of fused-ring (bicyclic) bond motifs is 7. The fraction of sp³-hybridized carbons (Fsp3) is 0.319. The second kappa shape index (κ2) is 24.7. The highest BCUT2D eigenvalue weighted by molar-refractivity contribution is 7.21. The lowest BCUT2D eigenvalue weighted by molar-refractivity contribution is 0.0123. The minimum absolute atomic E-state index is 0.00764. The summed E-state index contributed by atoms with van der Waals surface area (Å²) >= 11 is 1.43. The van der Waals surface area contributed by atoms with Crippen molar-refractivity contribution < 1.29 is 38.1 Å². The third kappa shape index (κ3) is 12.9. The van der Waals surface area contributed by atoms with Gasteiger partial charge in [-0.25, -0.2) is 14.6 Å². The lowest BCUT2D eigenvalue weighted by atomic mass is 9.87. The first-order chi connectivity index (χ1) is 41.3. The molecule has 85 heavy (non-hydrogen) atoms. The number of amides is 4. The molecule has 6 aromatic carbocycles. The van der Waals surface area contributed by atoms with Crippen LogP contribution in [-0.4, -0.2) is 90.5 Å². The van der Waals surface area contributed by atoms with Gasteiger partial charge in [-0.15, -0.1) is 11.3 Å². The fourth-order valence-corrected chi connectivity index (χ4v) is 13.4. The minimum Gasteiger partial charge on any atom is -0.494 e. The molecule has 8 aromatic rings. The second-order valence-corrected chi connectivity index (χ2v) is 24.5. The van der Waals surface area contributed by atoms with Gasteiger partial charge >= 0.3 is 12.2 Å². The highest BCUT2D eigenvalue weighted by Gasteiger charge is 2.44. The van der Waals surface area contributed by atoms with Crippen molar-refractivity contribution in [2.75, 3.05) is 48.4 Å². The first-order valence-electron chi connectivity index (χ1n) is 29.6. The van der Waals surface area contributed by atoms with Crippen molar-refractivity contribution in [1.82, 2.24) is 20.5 Å². The Balaban J connectivity index is 0.578. The van der Waals surface area contributed by atoms with E-state index < -0.39 is 11.7 Å². The molecule has 4 aliphatic rings. The molecular formula is C69H71N7O8S. The van der Waals surface area contributed by atoms with Crippen LogP contribution in [0.5, 0.6) is 17.2 Å². The lowest BCUT2D eigenvalue weighted by Gasteiger charge is -2.42. The van der Waals surface area contributed by atoms with Crippen LogP contribution >= 0.6 is 11.3 Å². The van der Waals surface area contributed by atoms with Crippen LogP contribution in [0.1, 0.15) is 112 Å². The van der Waals surface area contributed by atoms with Crippen molar-refractivity contribution in [3.8, 4) is 28.4 Å².